The summed E-state index contributed by atoms with van der Waals surface area (Å²) in [6, 6.07) is 9.61. The summed E-state index contributed by atoms with van der Waals surface area (Å²) in [5.74, 6) is 0.795. The lowest BCUT2D eigenvalue weighted by Crippen LogP contribution is -2.22. The van der Waals surface area contributed by atoms with E-state index in [9.17, 15) is 4.79 Å². The van der Waals surface area contributed by atoms with Crippen molar-refractivity contribution in [2.45, 2.75) is 19.4 Å². The SMILES string of the molecule is O=C(/C=C/c1c(Cl)nc2ccccn12)NCc1ccnc(N2CCCC2)c1. The third-order valence-corrected chi connectivity index (χ3v) is 4.90. The molecule has 0 bridgehead atoms. The van der Waals surface area contributed by atoms with Gasteiger partial charge in [-0.3, -0.25) is 9.20 Å². The second kappa shape index (κ2) is 7.80. The van der Waals surface area contributed by atoms with E-state index >= 15 is 0 Å². The third kappa shape index (κ3) is 3.95. The normalized spacial score (nSPS) is 14.3. The minimum atomic E-state index is -0.184. The first-order chi connectivity index (χ1) is 13.2. The van der Waals surface area contributed by atoms with Gasteiger partial charge in [-0.25, -0.2) is 9.97 Å². The predicted octanol–water partition coefficient (Wildman–Crippen LogP) is 3.31. The molecular weight excluding hydrogens is 362 g/mol. The molecule has 0 spiro atoms. The van der Waals surface area contributed by atoms with Gasteiger partial charge < -0.3 is 10.2 Å². The van der Waals surface area contributed by atoms with Crippen LogP contribution in [0.5, 0.6) is 0 Å². The number of nitrogens with one attached hydrogen (secondary N) is 1. The average Bonchev–Trinajstić information content (AvgIpc) is 3.32. The number of halogens is 1. The Labute approximate surface area is 162 Å². The van der Waals surface area contributed by atoms with Crippen molar-refractivity contribution in [2.24, 2.45) is 0 Å². The van der Waals surface area contributed by atoms with Gasteiger partial charge in [0.05, 0.1) is 5.69 Å². The maximum atomic E-state index is 12.2. The van der Waals surface area contributed by atoms with Crippen LogP contribution in [0, 0.1) is 0 Å². The van der Waals surface area contributed by atoms with Gasteiger partial charge in [0, 0.05) is 38.1 Å². The molecule has 3 aromatic rings. The number of carbonyl (C=O) groups is 1. The summed E-state index contributed by atoms with van der Waals surface area (Å²) in [7, 11) is 0. The summed E-state index contributed by atoms with van der Waals surface area (Å²) in [5, 5.41) is 3.27. The number of amides is 1. The van der Waals surface area contributed by atoms with Gasteiger partial charge in [-0.1, -0.05) is 17.7 Å². The molecule has 0 unspecified atom stereocenters. The van der Waals surface area contributed by atoms with Crippen LogP contribution in [0.2, 0.25) is 5.15 Å². The molecule has 1 saturated heterocycles. The van der Waals surface area contributed by atoms with Gasteiger partial charge in [-0.05, 0) is 48.7 Å². The Balaban J connectivity index is 1.40. The molecule has 1 fully saturated rings. The van der Waals surface area contributed by atoms with Gasteiger partial charge in [0.2, 0.25) is 5.91 Å². The molecule has 1 N–H and O–H groups in total. The number of nitrogens with zero attached hydrogens (tertiary/aromatic N) is 4. The minimum Gasteiger partial charge on any atom is -0.357 e. The largest absolute Gasteiger partial charge is 0.357 e. The van der Waals surface area contributed by atoms with Crippen LogP contribution in [0.25, 0.3) is 11.7 Å². The van der Waals surface area contributed by atoms with E-state index in [0.29, 0.717) is 17.4 Å². The first kappa shape index (κ1) is 17.5. The van der Waals surface area contributed by atoms with Crippen molar-refractivity contribution in [3.63, 3.8) is 0 Å². The number of hydrogen-bond acceptors (Lipinski definition) is 4. The first-order valence-corrected chi connectivity index (χ1v) is 9.37. The van der Waals surface area contributed by atoms with Gasteiger partial charge in [-0.15, -0.1) is 0 Å². The molecule has 0 aromatic carbocycles. The van der Waals surface area contributed by atoms with Crippen LogP contribution in [0.1, 0.15) is 24.1 Å². The third-order valence-electron chi connectivity index (χ3n) is 4.62. The highest BCUT2D eigenvalue weighted by Gasteiger charge is 2.13. The molecule has 6 nitrogen and oxygen atoms in total. The lowest BCUT2D eigenvalue weighted by molar-refractivity contribution is -0.116. The summed E-state index contributed by atoms with van der Waals surface area (Å²) >= 11 is 6.18. The lowest BCUT2D eigenvalue weighted by atomic mass is 10.2. The Hall–Kier alpha value is -2.86. The number of imidazole rings is 1. The molecule has 27 heavy (non-hydrogen) atoms. The molecule has 1 amide bonds. The van der Waals surface area contributed by atoms with Crippen molar-refractivity contribution in [1.29, 1.82) is 0 Å². The first-order valence-electron chi connectivity index (χ1n) is 8.99. The number of fused-ring (bicyclic) bond motifs is 1. The Kier molecular flexibility index (Phi) is 5.07. The number of anilines is 1. The minimum absolute atomic E-state index is 0.184. The van der Waals surface area contributed by atoms with Crippen LogP contribution in [-0.4, -0.2) is 33.4 Å². The molecule has 1 aliphatic rings. The van der Waals surface area contributed by atoms with Crippen LogP contribution < -0.4 is 10.2 Å². The molecule has 1 aliphatic heterocycles. The second-order valence-corrected chi connectivity index (χ2v) is 6.84. The summed E-state index contributed by atoms with van der Waals surface area (Å²) in [6.07, 6.45) is 9.23. The Bertz CT molecular complexity index is 991. The van der Waals surface area contributed by atoms with Gasteiger partial charge >= 0.3 is 0 Å². The smallest absolute Gasteiger partial charge is 0.244 e. The van der Waals surface area contributed by atoms with Gasteiger partial charge in [0.25, 0.3) is 0 Å². The number of hydrogen-bond donors (Lipinski definition) is 1. The van der Waals surface area contributed by atoms with Crippen molar-refractivity contribution in [3.8, 4) is 0 Å². The van der Waals surface area contributed by atoms with Crippen molar-refractivity contribution >= 4 is 35.0 Å². The zero-order chi connectivity index (χ0) is 18.6. The van der Waals surface area contributed by atoms with Crippen molar-refractivity contribution in [3.05, 3.63) is 65.2 Å². The van der Waals surface area contributed by atoms with E-state index < -0.39 is 0 Å². The predicted molar refractivity (Wildman–Crippen MR) is 107 cm³/mol. The number of carbonyl (C=O) groups excluding carboxylic acids is 1. The lowest BCUT2D eigenvalue weighted by Gasteiger charge is -2.16. The molecule has 7 heteroatoms. The highest BCUT2D eigenvalue weighted by Crippen LogP contribution is 2.19. The van der Waals surface area contributed by atoms with E-state index in [4.69, 9.17) is 11.6 Å². The fourth-order valence-electron chi connectivity index (χ4n) is 3.23. The average molecular weight is 382 g/mol. The van der Waals surface area contributed by atoms with E-state index in [1.54, 1.807) is 12.3 Å². The zero-order valence-corrected chi connectivity index (χ0v) is 15.6. The molecule has 0 saturated carbocycles. The monoisotopic (exact) mass is 381 g/mol. The highest BCUT2D eigenvalue weighted by atomic mass is 35.5. The zero-order valence-electron chi connectivity index (χ0n) is 14.8. The van der Waals surface area contributed by atoms with Gasteiger partial charge in [0.1, 0.15) is 11.5 Å². The highest BCUT2D eigenvalue weighted by molar-refractivity contribution is 6.31. The standard InChI is InChI=1S/C20H20ClN5O/c21-20-16(26-12-2-1-5-17(26)24-20)6-7-19(27)23-14-15-8-9-22-18(13-15)25-10-3-4-11-25/h1-2,5-9,12-13H,3-4,10-11,14H2,(H,23,27)/b7-6+. The Morgan fingerprint density at radius 2 is 2.11 bits per heavy atom. The quantitative estimate of drug-likeness (QED) is 0.689. The molecule has 0 atom stereocenters. The van der Waals surface area contributed by atoms with E-state index in [1.807, 2.05) is 40.9 Å². The van der Waals surface area contributed by atoms with Crippen LogP contribution >= 0.6 is 11.6 Å². The van der Waals surface area contributed by atoms with Crippen LogP contribution in [0.15, 0.2) is 48.8 Å². The van der Waals surface area contributed by atoms with E-state index in [0.717, 1.165) is 30.1 Å². The van der Waals surface area contributed by atoms with Gasteiger partial charge in [-0.2, -0.15) is 0 Å². The topological polar surface area (TPSA) is 62.5 Å². The summed E-state index contributed by atoms with van der Waals surface area (Å²) in [6.45, 7) is 2.55. The molecular formula is C20H20ClN5O. The molecule has 0 radical (unpaired) electrons. The second-order valence-electron chi connectivity index (χ2n) is 6.48. The van der Waals surface area contributed by atoms with E-state index in [1.165, 1.54) is 18.9 Å². The van der Waals surface area contributed by atoms with Crippen molar-refractivity contribution in [1.82, 2.24) is 19.7 Å². The number of aromatic nitrogens is 3. The molecule has 4 heterocycles. The number of pyridine rings is 2. The van der Waals surface area contributed by atoms with Crippen LogP contribution in [0.4, 0.5) is 5.82 Å². The molecule has 4 rings (SSSR count). The Morgan fingerprint density at radius 1 is 1.26 bits per heavy atom. The summed E-state index contributed by atoms with van der Waals surface area (Å²) < 4.78 is 1.84. The maximum Gasteiger partial charge on any atom is 0.244 e. The van der Waals surface area contributed by atoms with Gasteiger partial charge in [0.15, 0.2) is 5.15 Å². The van der Waals surface area contributed by atoms with Crippen molar-refractivity contribution in [2.75, 3.05) is 18.0 Å². The molecule has 0 aliphatic carbocycles. The summed E-state index contributed by atoms with van der Waals surface area (Å²) in [4.78, 5) is 23.2. The van der Waals surface area contributed by atoms with E-state index in [-0.39, 0.29) is 5.91 Å². The fraction of sp³-hybridized carbons (Fsp3) is 0.250. The van der Waals surface area contributed by atoms with Crippen molar-refractivity contribution < 1.29 is 4.79 Å². The van der Waals surface area contributed by atoms with Crippen LogP contribution in [0.3, 0.4) is 0 Å². The molecule has 3 aromatic heterocycles. The Morgan fingerprint density at radius 3 is 2.96 bits per heavy atom. The molecule has 138 valence electrons. The summed E-state index contributed by atoms with van der Waals surface area (Å²) in [5.41, 5.74) is 2.46. The fourth-order valence-corrected chi connectivity index (χ4v) is 3.47. The van der Waals surface area contributed by atoms with E-state index in [2.05, 4.69) is 20.2 Å². The van der Waals surface area contributed by atoms with Crippen LogP contribution in [-0.2, 0) is 11.3 Å². The maximum absolute atomic E-state index is 12.2. The number of rotatable bonds is 5.